The predicted octanol–water partition coefficient (Wildman–Crippen LogP) is 4.40. The first-order valence-electron chi connectivity index (χ1n) is 10.7. The zero-order chi connectivity index (χ0) is 19.0. The molecule has 6 rings (SSSR count). The van der Waals surface area contributed by atoms with Crippen molar-refractivity contribution in [3.63, 3.8) is 0 Å². The van der Waals surface area contributed by atoms with Gasteiger partial charge >= 0.3 is 0 Å². The molecule has 1 atom stereocenters. The Morgan fingerprint density at radius 3 is 2.29 bits per heavy atom. The summed E-state index contributed by atoms with van der Waals surface area (Å²) in [7, 11) is 0. The predicted molar refractivity (Wildman–Crippen MR) is 111 cm³/mol. The summed E-state index contributed by atoms with van der Waals surface area (Å²) in [6, 6.07) is 14.4. The van der Waals surface area contributed by atoms with E-state index >= 15 is 0 Å². The molecule has 148 valence electrons. The second kappa shape index (κ2) is 7.40. The Bertz CT molecular complexity index is 755. The van der Waals surface area contributed by atoms with E-state index < -0.39 is 6.10 Å². The van der Waals surface area contributed by atoms with Crippen LogP contribution in [0.1, 0.15) is 44.1 Å². The minimum Gasteiger partial charge on any atom is -0.491 e. The molecular weight excluding hydrogens is 348 g/mol. The molecule has 4 nitrogen and oxygen atoms in total. The third-order valence-electron chi connectivity index (χ3n) is 7.13. The fraction of sp³-hybridized carbons (Fsp3) is 0.542. The molecule has 1 heterocycles. The maximum atomic E-state index is 10.2. The van der Waals surface area contributed by atoms with E-state index in [9.17, 15) is 5.11 Å². The van der Waals surface area contributed by atoms with Crippen molar-refractivity contribution in [3.05, 3.63) is 54.2 Å². The Balaban J connectivity index is 1.16. The van der Waals surface area contributed by atoms with Gasteiger partial charge in [-0.05, 0) is 91.5 Å². The molecule has 2 N–H and O–H groups in total. The number of nitrogens with zero attached hydrogens (tertiary/aromatic N) is 1. The molecule has 0 amide bonds. The molecule has 1 aromatic heterocycles. The van der Waals surface area contributed by atoms with Crippen molar-refractivity contribution in [1.82, 2.24) is 4.98 Å². The van der Waals surface area contributed by atoms with Crippen molar-refractivity contribution >= 4 is 5.82 Å². The lowest BCUT2D eigenvalue weighted by Crippen LogP contribution is -2.48. The van der Waals surface area contributed by atoms with Gasteiger partial charge < -0.3 is 15.2 Å². The summed E-state index contributed by atoms with van der Waals surface area (Å²) in [6.45, 7) is 0.693. The summed E-state index contributed by atoms with van der Waals surface area (Å²) in [4.78, 5) is 4.19. The summed E-state index contributed by atoms with van der Waals surface area (Å²) < 4.78 is 5.82. The van der Waals surface area contributed by atoms with Crippen LogP contribution >= 0.6 is 0 Å². The Kier molecular flexibility index (Phi) is 4.75. The lowest BCUT2D eigenvalue weighted by atomic mass is 9.48. The number of rotatable bonds is 7. The van der Waals surface area contributed by atoms with Crippen molar-refractivity contribution in [2.75, 3.05) is 18.5 Å². The number of aliphatic hydroxyl groups excluding tert-OH is 1. The number of hydrogen-bond acceptors (Lipinski definition) is 4. The van der Waals surface area contributed by atoms with Gasteiger partial charge in [-0.25, -0.2) is 4.98 Å². The molecule has 0 spiro atoms. The van der Waals surface area contributed by atoms with Crippen LogP contribution in [-0.2, 0) is 5.41 Å². The molecule has 4 fully saturated rings. The summed E-state index contributed by atoms with van der Waals surface area (Å²) in [5, 5.41) is 13.3. The van der Waals surface area contributed by atoms with E-state index in [4.69, 9.17) is 4.74 Å². The van der Waals surface area contributed by atoms with Crippen molar-refractivity contribution in [3.8, 4) is 5.75 Å². The Morgan fingerprint density at radius 1 is 1.00 bits per heavy atom. The van der Waals surface area contributed by atoms with Crippen molar-refractivity contribution in [2.24, 2.45) is 17.8 Å². The van der Waals surface area contributed by atoms with E-state index in [1.54, 1.807) is 6.20 Å². The van der Waals surface area contributed by atoms with Crippen LogP contribution in [0.2, 0.25) is 0 Å². The standard InChI is InChI=1S/C24H30N2O2/c27-21(15-26-23-3-1-2-8-25-23)16-28-22-6-4-20(5-7-22)24-12-17-9-18(13-24)11-19(10-17)14-24/h1-8,17-19,21,27H,9-16H2,(H,25,26). The highest BCUT2D eigenvalue weighted by Crippen LogP contribution is 2.60. The Morgan fingerprint density at radius 2 is 1.68 bits per heavy atom. The molecule has 0 saturated heterocycles. The number of aromatic nitrogens is 1. The highest BCUT2D eigenvalue weighted by molar-refractivity contribution is 5.35. The van der Waals surface area contributed by atoms with Gasteiger partial charge in [0.15, 0.2) is 0 Å². The van der Waals surface area contributed by atoms with Gasteiger partial charge in [0.05, 0.1) is 0 Å². The molecule has 4 heteroatoms. The molecule has 2 aromatic rings. The van der Waals surface area contributed by atoms with Crippen LogP contribution in [-0.4, -0.2) is 29.3 Å². The monoisotopic (exact) mass is 378 g/mol. The normalized spacial score (nSPS) is 31.5. The number of nitrogens with one attached hydrogen (secondary N) is 1. The fourth-order valence-corrected chi connectivity index (χ4v) is 6.31. The minimum absolute atomic E-state index is 0.274. The maximum absolute atomic E-state index is 10.2. The molecule has 28 heavy (non-hydrogen) atoms. The van der Waals surface area contributed by atoms with Gasteiger partial charge in [0, 0.05) is 12.7 Å². The zero-order valence-corrected chi connectivity index (χ0v) is 16.4. The quantitative estimate of drug-likeness (QED) is 0.750. The number of benzene rings is 1. The molecule has 0 aliphatic heterocycles. The summed E-state index contributed by atoms with van der Waals surface area (Å²) >= 11 is 0. The summed E-state index contributed by atoms with van der Waals surface area (Å²) in [5.74, 6) is 4.49. The molecule has 4 bridgehead atoms. The van der Waals surface area contributed by atoms with Gasteiger partial charge in [-0.15, -0.1) is 0 Å². The van der Waals surface area contributed by atoms with Gasteiger partial charge in [-0.2, -0.15) is 0 Å². The van der Waals surface area contributed by atoms with Crippen LogP contribution in [0.25, 0.3) is 0 Å². The van der Waals surface area contributed by atoms with Gasteiger partial charge in [-0.3, -0.25) is 0 Å². The average molecular weight is 379 g/mol. The fourth-order valence-electron chi connectivity index (χ4n) is 6.31. The molecule has 4 aliphatic carbocycles. The van der Waals surface area contributed by atoms with Crippen molar-refractivity contribution in [1.29, 1.82) is 0 Å². The topological polar surface area (TPSA) is 54.4 Å². The van der Waals surface area contributed by atoms with Gasteiger partial charge in [-0.1, -0.05) is 18.2 Å². The summed E-state index contributed by atoms with van der Waals surface area (Å²) in [5.41, 5.74) is 1.94. The number of pyridine rings is 1. The van der Waals surface area contributed by atoms with E-state index in [-0.39, 0.29) is 6.61 Å². The summed E-state index contributed by atoms with van der Waals surface area (Å²) in [6.07, 6.45) is 9.74. The van der Waals surface area contributed by atoms with Crippen LogP contribution in [0.4, 0.5) is 5.82 Å². The van der Waals surface area contributed by atoms with Crippen LogP contribution in [0.5, 0.6) is 5.75 Å². The number of hydrogen-bond donors (Lipinski definition) is 2. The van der Waals surface area contributed by atoms with Gasteiger partial charge in [0.2, 0.25) is 0 Å². The molecule has 0 radical (unpaired) electrons. The highest BCUT2D eigenvalue weighted by Gasteiger charge is 2.51. The number of ether oxygens (including phenoxy) is 1. The lowest BCUT2D eigenvalue weighted by molar-refractivity contribution is -0.00521. The van der Waals surface area contributed by atoms with Crippen LogP contribution in [0, 0.1) is 17.8 Å². The van der Waals surface area contributed by atoms with E-state index in [0.29, 0.717) is 12.0 Å². The number of anilines is 1. The van der Waals surface area contributed by atoms with Gasteiger partial charge in [0.25, 0.3) is 0 Å². The van der Waals surface area contributed by atoms with E-state index in [1.807, 2.05) is 18.2 Å². The smallest absolute Gasteiger partial charge is 0.125 e. The minimum atomic E-state index is -0.579. The molecular formula is C24H30N2O2. The second-order valence-electron chi connectivity index (χ2n) is 9.28. The van der Waals surface area contributed by atoms with Gasteiger partial charge in [0.1, 0.15) is 24.3 Å². The lowest BCUT2D eigenvalue weighted by Gasteiger charge is -2.57. The first kappa shape index (κ1) is 18.0. The SMILES string of the molecule is OC(CNc1ccccn1)COc1ccc(C23CC4CC(CC(C4)C2)C3)cc1. The first-order chi connectivity index (χ1) is 13.7. The highest BCUT2D eigenvalue weighted by atomic mass is 16.5. The molecule has 4 aliphatic rings. The van der Waals surface area contributed by atoms with E-state index in [0.717, 1.165) is 29.3 Å². The largest absolute Gasteiger partial charge is 0.491 e. The molecule has 1 unspecified atom stereocenters. The van der Waals surface area contributed by atoms with Crippen molar-refractivity contribution < 1.29 is 9.84 Å². The molecule has 1 aromatic carbocycles. The van der Waals surface area contributed by atoms with Crippen LogP contribution < -0.4 is 10.1 Å². The van der Waals surface area contributed by atoms with Crippen molar-refractivity contribution in [2.45, 2.75) is 50.0 Å². The second-order valence-corrected chi connectivity index (χ2v) is 9.28. The van der Waals surface area contributed by atoms with E-state index in [1.165, 1.54) is 44.1 Å². The Labute approximate surface area is 167 Å². The number of aliphatic hydroxyl groups is 1. The van der Waals surface area contributed by atoms with Crippen LogP contribution in [0.3, 0.4) is 0 Å². The molecule has 4 saturated carbocycles. The zero-order valence-electron chi connectivity index (χ0n) is 16.4. The third-order valence-corrected chi connectivity index (χ3v) is 7.13. The average Bonchev–Trinajstić information content (AvgIpc) is 2.71. The van der Waals surface area contributed by atoms with E-state index in [2.05, 4.69) is 34.6 Å². The first-order valence-corrected chi connectivity index (χ1v) is 10.7. The Hall–Kier alpha value is -2.07. The maximum Gasteiger partial charge on any atom is 0.125 e. The third kappa shape index (κ3) is 3.62. The van der Waals surface area contributed by atoms with Crippen LogP contribution in [0.15, 0.2) is 48.7 Å².